The lowest BCUT2D eigenvalue weighted by atomic mass is 9.94. The minimum absolute atomic E-state index is 0.0225. The Morgan fingerprint density at radius 3 is 2.48 bits per heavy atom. The van der Waals surface area contributed by atoms with E-state index < -0.39 is 0 Å². The Hall–Kier alpha value is -1.81. The van der Waals surface area contributed by atoms with Crippen LogP contribution in [0.3, 0.4) is 0 Å². The van der Waals surface area contributed by atoms with Gasteiger partial charge in [0.05, 0.1) is 6.04 Å². The average molecular weight is 361 g/mol. The molecule has 2 heterocycles. The fourth-order valence-electron chi connectivity index (χ4n) is 3.71. The van der Waals surface area contributed by atoms with Crippen LogP contribution in [0.25, 0.3) is 0 Å². The zero-order valence-corrected chi connectivity index (χ0v) is 15.4. The number of hydrogen-bond acceptors (Lipinski definition) is 2. The van der Waals surface area contributed by atoms with Crippen LogP contribution in [0.15, 0.2) is 36.4 Å². The van der Waals surface area contributed by atoms with Gasteiger partial charge in [-0.25, -0.2) is 0 Å². The van der Waals surface area contributed by atoms with Gasteiger partial charge in [0.25, 0.3) is 5.91 Å². The minimum atomic E-state index is 0.0225. The van der Waals surface area contributed by atoms with Crippen molar-refractivity contribution in [2.45, 2.75) is 38.6 Å². The molecule has 0 spiro atoms. The summed E-state index contributed by atoms with van der Waals surface area (Å²) in [5.41, 5.74) is 0.654. The van der Waals surface area contributed by atoms with E-state index in [9.17, 15) is 9.59 Å². The van der Waals surface area contributed by atoms with Crippen molar-refractivity contribution in [3.05, 3.63) is 47.0 Å². The van der Waals surface area contributed by atoms with Gasteiger partial charge in [-0.3, -0.25) is 9.59 Å². The molecular formula is C20H25ClN2O2. The van der Waals surface area contributed by atoms with Gasteiger partial charge in [0.15, 0.2) is 0 Å². The molecule has 1 fully saturated rings. The Kier molecular flexibility index (Phi) is 5.79. The number of nitrogens with zero attached hydrogens (tertiary/aromatic N) is 2. The van der Waals surface area contributed by atoms with Crippen molar-refractivity contribution < 1.29 is 9.59 Å². The molecule has 0 aromatic heterocycles. The third kappa shape index (κ3) is 4.06. The second kappa shape index (κ2) is 8.05. The van der Waals surface area contributed by atoms with Crippen LogP contribution in [0.5, 0.6) is 0 Å². The smallest absolute Gasteiger partial charge is 0.253 e. The standard InChI is InChI=1S/C20H25ClN2O2/c1-2-4-18-5-3-12-23(18)20(25)16-10-13-22(14-11-16)19(24)15-6-8-17(21)9-7-15/h3,5-9,16,18H,2,4,10-14H2,1H3. The summed E-state index contributed by atoms with van der Waals surface area (Å²) >= 11 is 5.88. The number of carbonyl (C=O) groups excluding carboxylic acids is 2. The summed E-state index contributed by atoms with van der Waals surface area (Å²) in [6.07, 6.45) is 7.84. The first-order chi connectivity index (χ1) is 12.1. The predicted molar refractivity (Wildman–Crippen MR) is 99.6 cm³/mol. The molecule has 4 nitrogen and oxygen atoms in total. The van der Waals surface area contributed by atoms with Crippen LogP contribution in [0.4, 0.5) is 0 Å². The summed E-state index contributed by atoms with van der Waals surface area (Å²) in [5, 5.41) is 0.627. The van der Waals surface area contributed by atoms with Crippen molar-refractivity contribution in [2.24, 2.45) is 5.92 Å². The lowest BCUT2D eigenvalue weighted by Crippen LogP contribution is -2.46. The quantitative estimate of drug-likeness (QED) is 0.767. The lowest BCUT2D eigenvalue weighted by Gasteiger charge is -2.35. The van der Waals surface area contributed by atoms with E-state index in [-0.39, 0.29) is 23.8 Å². The van der Waals surface area contributed by atoms with E-state index in [0.29, 0.717) is 23.7 Å². The summed E-state index contributed by atoms with van der Waals surface area (Å²) in [7, 11) is 0. The van der Waals surface area contributed by atoms with Crippen molar-refractivity contribution in [1.82, 2.24) is 9.80 Å². The van der Waals surface area contributed by atoms with E-state index in [1.807, 2.05) is 9.80 Å². The zero-order chi connectivity index (χ0) is 17.8. The van der Waals surface area contributed by atoms with E-state index in [1.54, 1.807) is 24.3 Å². The van der Waals surface area contributed by atoms with E-state index >= 15 is 0 Å². The van der Waals surface area contributed by atoms with Gasteiger partial charge in [-0.05, 0) is 43.5 Å². The Balaban J connectivity index is 1.55. The molecule has 0 N–H and O–H groups in total. The van der Waals surface area contributed by atoms with E-state index in [1.165, 1.54) is 0 Å². The molecule has 1 saturated heterocycles. The van der Waals surface area contributed by atoms with Crippen molar-refractivity contribution >= 4 is 23.4 Å². The maximum Gasteiger partial charge on any atom is 0.253 e. The molecule has 1 atom stereocenters. The van der Waals surface area contributed by atoms with Crippen molar-refractivity contribution in [1.29, 1.82) is 0 Å². The zero-order valence-electron chi connectivity index (χ0n) is 14.7. The molecular weight excluding hydrogens is 336 g/mol. The molecule has 0 bridgehead atoms. The fourth-order valence-corrected chi connectivity index (χ4v) is 3.84. The van der Waals surface area contributed by atoms with E-state index in [4.69, 9.17) is 11.6 Å². The normalized spacial score (nSPS) is 21.0. The van der Waals surface area contributed by atoms with Gasteiger partial charge in [0.1, 0.15) is 0 Å². The molecule has 3 rings (SSSR count). The van der Waals surface area contributed by atoms with Gasteiger partial charge >= 0.3 is 0 Å². The number of likely N-dealkylation sites (tertiary alicyclic amines) is 1. The van der Waals surface area contributed by atoms with Gasteiger partial charge in [-0.1, -0.05) is 37.1 Å². The highest BCUT2D eigenvalue weighted by molar-refractivity contribution is 6.30. The fraction of sp³-hybridized carbons (Fsp3) is 0.500. The summed E-state index contributed by atoms with van der Waals surface area (Å²) in [6, 6.07) is 7.24. The average Bonchev–Trinajstić information content (AvgIpc) is 3.10. The van der Waals surface area contributed by atoms with Crippen LogP contribution in [-0.4, -0.2) is 47.3 Å². The molecule has 2 aliphatic rings. The van der Waals surface area contributed by atoms with Crippen molar-refractivity contribution in [2.75, 3.05) is 19.6 Å². The van der Waals surface area contributed by atoms with Crippen LogP contribution >= 0.6 is 11.6 Å². The second-order valence-corrected chi connectivity index (χ2v) is 7.28. The first kappa shape index (κ1) is 18.0. The molecule has 0 radical (unpaired) electrons. The summed E-state index contributed by atoms with van der Waals surface area (Å²) in [5.74, 6) is 0.310. The lowest BCUT2D eigenvalue weighted by molar-refractivity contribution is -0.137. The topological polar surface area (TPSA) is 40.6 Å². The number of rotatable bonds is 4. The number of amides is 2. The van der Waals surface area contributed by atoms with Gasteiger partial charge in [-0.2, -0.15) is 0 Å². The van der Waals surface area contributed by atoms with Crippen molar-refractivity contribution in [3.63, 3.8) is 0 Å². The largest absolute Gasteiger partial charge is 0.339 e. The highest BCUT2D eigenvalue weighted by atomic mass is 35.5. The van der Waals surface area contributed by atoms with Gasteiger partial charge in [-0.15, -0.1) is 0 Å². The number of carbonyl (C=O) groups is 2. The third-order valence-corrected chi connectivity index (χ3v) is 5.40. The Labute approximate surface area is 154 Å². The summed E-state index contributed by atoms with van der Waals surface area (Å²) < 4.78 is 0. The van der Waals surface area contributed by atoms with Crippen LogP contribution in [-0.2, 0) is 4.79 Å². The van der Waals surface area contributed by atoms with Gasteiger partial charge in [0, 0.05) is 36.1 Å². The number of halogens is 1. The molecule has 2 aliphatic heterocycles. The Bertz CT molecular complexity index is 648. The number of hydrogen-bond donors (Lipinski definition) is 0. The monoisotopic (exact) mass is 360 g/mol. The third-order valence-electron chi connectivity index (χ3n) is 5.15. The molecule has 25 heavy (non-hydrogen) atoms. The molecule has 1 unspecified atom stereocenters. The molecule has 1 aromatic rings. The molecule has 2 amide bonds. The summed E-state index contributed by atoms with van der Waals surface area (Å²) in [6.45, 7) is 4.15. The summed E-state index contributed by atoms with van der Waals surface area (Å²) in [4.78, 5) is 29.2. The van der Waals surface area contributed by atoms with Crippen LogP contribution in [0.2, 0.25) is 5.02 Å². The Morgan fingerprint density at radius 1 is 1.16 bits per heavy atom. The molecule has 0 aliphatic carbocycles. The highest BCUT2D eigenvalue weighted by Gasteiger charge is 2.33. The van der Waals surface area contributed by atoms with Gasteiger partial charge < -0.3 is 9.80 Å². The Morgan fingerprint density at radius 2 is 1.84 bits per heavy atom. The highest BCUT2D eigenvalue weighted by Crippen LogP contribution is 2.25. The first-order valence-corrected chi connectivity index (χ1v) is 9.50. The molecule has 5 heteroatoms. The van der Waals surface area contributed by atoms with Crippen molar-refractivity contribution in [3.8, 4) is 0 Å². The molecule has 134 valence electrons. The second-order valence-electron chi connectivity index (χ2n) is 6.85. The van der Waals surface area contributed by atoms with Crippen LogP contribution < -0.4 is 0 Å². The van der Waals surface area contributed by atoms with Gasteiger partial charge in [0.2, 0.25) is 5.91 Å². The van der Waals surface area contributed by atoms with E-state index in [2.05, 4.69) is 19.1 Å². The molecule has 1 aromatic carbocycles. The number of piperidine rings is 1. The van der Waals surface area contributed by atoms with E-state index in [0.717, 1.165) is 32.2 Å². The number of benzene rings is 1. The van der Waals surface area contributed by atoms with Crippen LogP contribution in [0.1, 0.15) is 43.0 Å². The predicted octanol–water partition coefficient (Wildman–Crippen LogP) is 3.76. The minimum Gasteiger partial charge on any atom is -0.339 e. The maximum absolute atomic E-state index is 12.8. The molecule has 0 saturated carbocycles. The van der Waals surface area contributed by atoms with Crippen LogP contribution in [0, 0.1) is 5.92 Å². The maximum atomic E-state index is 12.8. The first-order valence-electron chi connectivity index (χ1n) is 9.12. The SMILES string of the molecule is CCCC1C=CCN1C(=O)C1CCN(C(=O)c2ccc(Cl)cc2)CC1.